The van der Waals surface area contributed by atoms with Gasteiger partial charge in [-0.25, -0.2) is 4.79 Å². The van der Waals surface area contributed by atoms with Crippen molar-refractivity contribution in [3.8, 4) is 0 Å². The molecule has 5 aliphatic rings. The number of likely N-dealkylation sites (tertiary alicyclic amines) is 1. The number of aliphatic hydroxyl groups is 2. The van der Waals surface area contributed by atoms with Crippen LogP contribution in [-0.2, 0) is 33.5 Å². The van der Waals surface area contributed by atoms with Crippen molar-refractivity contribution in [2.75, 3.05) is 13.2 Å². The minimum Gasteiger partial charge on any atom is -0.480 e. The third kappa shape index (κ3) is 6.16. The van der Waals surface area contributed by atoms with Gasteiger partial charge in [0.2, 0.25) is 17.6 Å². The summed E-state index contributed by atoms with van der Waals surface area (Å²) in [6.07, 6.45) is 4.97. The van der Waals surface area contributed by atoms with E-state index in [0.29, 0.717) is 38.6 Å². The molecular formula is C35H50N2O10. The van der Waals surface area contributed by atoms with E-state index in [1.807, 2.05) is 6.92 Å². The van der Waals surface area contributed by atoms with Crippen molar-refractivity contribution >= 4 is 35.3 Å². The zero-order valence-corrected chi connectivity index (χ0v) is 28.0. The van der Waals surface area contributed by atoms with Crippen molar-refractivity contribution in [1.29, 1.82) is 0 Å². The van der Waals surface area contributed by atoms with Crippen LogP contribution < -0.4 is 5.32 Å². The highest BCUT2D eigenvalue weighted by molar-refractivity contribution is 5.93. The summed E-state index contributed by atoms with van der Waals surface area (Å²) in [6, 6.07) is -1.88. The minimum absolute atomic E-state index is 0.0109. The van der Waals surface area contributed by atoms with Crippen LogP contribution in [0.4, 0.5) is 0 Å². The van der Waals surface area contributed by atoms with Gasteiger partial charge in [-0.1, -0.05) is 33.3 Å². The second-order valence-corrected chi connectivity index (χ2v) is 15.4. The molecule has 0 radical (unpaired) electrons. The minimum atomic E-state index is -1.78. The van der Waals surface area contributed by atoms with Crippen LogP contribution >= 0.6 is 0 Å². The number of carboxylic acid groups (broad SMARTS) is 1. The van der Waals surface area contributed by atoms with Crippen LogP contribution in [0.3, 0.4) is 0 Å². The van der Waals surface area contributed by atoms with Crippen molar-refractivity contribution in [1.82, 2.24) is 10.2 Å². The number of hydrogen-bond donors (Lipinski definition) is 4. The number of carboxylic acids is 1. The molecule has 12 heteroatoms. The Morgan fingerprint density at radius 1 is 1.06 bits per heavy atom. The number of carbonyl (C=O) groups excluding carboxylic acids is 5. The molecule has 4 fully saturated rings. The molecule has 4 aliphatic carbocycles. The number of Topliss-reactive ketones (excluding diaryl/α,β-unsaturated/α-hetero) is 1. The monoisotopic (exact) mass is 658 g/mol. The summed E-state index contributed by atoms with van der Waals surface area (Å²) >= 11 is 0. The number of fused-ring (bicyclic) bond motifs is 5. The third-order valence-corrected chi connectivity index (χ3v) is 12.5. The maximum absolute atomic E-state index is 13.5. The smallest absolute Gasteiger partial charge is 0.326 e. The number of ether oxygens (including phenoxy) is 1. The average molecular weight is 659 g/mol. The van der Waals surface area contributed by atoms with Crippen molar-refractivity contribution < 1.29 is 48.8 Å². The molecule has 0 unspecified atom stereocenters. The van der Waals surface area contributed by atoms with Crippen LogP contribution in [0, 0.1) is 34.5 Å². The Hall–Kier alpha value is -3.12. The maximum Gasteiger partial charge on any atom is 0.326 e. The molecule has 260 valence electrons. The molecule has 1 heterocycles. The molecule has 5 rings (SSSR count). The number of aliphatic carboxylic acids is 1. The van der Waals surface area contributed by atoms with Crippen LogP contribution in [0.15, 0.2) is 11.6 Å². The standard InChI is InChI=1S/C35H50N2O10/c1-19(2)30(31(43)37-15-5-6-24(37)32(44)45)36-27(41)9-10-28(42)47-18-26(40)35(46)14-12-23-22-8-7-20-16-21(38)11-13-33(20,3)29(22)25(39)17-34(23,35)4/h16,19,22-25,29-30,39,46H,5-15,17-18H2,1-4H3,(H,36,41)(H,44,45)/t22-,23-,24-,25-,29+,30-,33-,34-,35-/m0/s1. The lowest BCUT2D eigenvalue weighted by Gasteiger charge is -2.60. The topological polar surface area (TPSA) is 188 Å². The predicted octanol–water partition coefficient (Wildman–Crippen LogP) is 2.33. The molecule has 0 spiro atoms. The van der Waals surface area contributed by atoms with Crippen LogP contribution in [0.25, 0.3) is 0 Å². The fourth-order valence-electron chi connectivity index (χ4n) is 9.93. The van der Waals surface area contributed by atoms with Crippen LogP contribution in [0.2, 0.25) is 0 Å². The number of nitrogens with zero attached hydrogens (tertiary/aromatic N) is 1. The Bertz CT molecular complexity index is 1360. The van der Waals surface area contributed by atoms with E-state index in [1.165, 1.54) is 4.90 Å². The van der Waals surface area contributed by atoms with Gasteiger partial charge >= 0.3 is 11.9 Å². The summed E-state index contributed by atoms with van der Waals surface area (Å²) in [5.41, 5.74) is -1.88. The van der Waals surface area contributed by atoms with Gasteiger partial charge in [0.1, 0.15) is 17.7 Å². The first-order chi connectivity index (χ1) is 22.0. The first kappa shape index (κ1) is 35.2. The van der Waals surface area contributed by atoms with Gasteiger partial charge in [0.05, 0.1) is 12.5 Å². The van der Waals surface area contributed by atoms with Crippen molar-refractivity contribution in [3.05, 3.63) is 11.6 Å². The molecule has 0 aromatic carbocycles. The van der Waals surface area contributed by atoms with Gasteiger partial charge in [-0.15, -0.1) is 0 Å². The lowest BCUT2D eigenvalue weighted by atomic mass is 9.45. The molecule has 4 N–H and O–H groups in total. The van der Waals surface area contributed by atoms with Crippen LogP contribution in [-0.4, -0.2) is 92.5 Å². The summed E-state index contributed by atoms with van der Waals surface area (Å²) in [7, 11) is 0. The molecule has 9 atom stereocenters. The van der Waals surface area contributed by atoms with E-state index in [0.717, 1.165) is 18.4 Å². The normalized spacial score (nSPS) is 36.9. The fraction of sp³-hybridized carbons (Fsp3) is 0.771. The van der Waals surface area contributed by atoms with E-state index in [2.05, 4.69) is 12.2 Å². The van der Waals surface area contributed by atoms with Gasteiger partial charge in [-0.3, -0.25) is 24.0 Å². The summed E-state index contributed by atoms with van der Waals surface area (Å²) in [5, 5.41) is 35.5. The lowest BCUT2D eigenvalue weighted by Crippen LogP contribution is -2.62. The Morgan fingerprint density at radius 2 is 1.79 bits per heavy atom. The molecule has 12 nitrogen and oxygen atoms in total. The first-order valence-electron chi connectivity index (χ1n) is 17.2. The second kappa shape index (κ2) is 13.1. The molecule has 0 bridgehead atoms. The van der Waals surface area contributed by atoms with Crippen molar-refractivity contribution in [2.24, 2.45) is 34.5 Å². The van der Waals surface area contributed by atoms with Gasteiger partial charge < -0.3 is 30.3 Å². The number of ketones is 2. The van der Waals surface area contributed by atoms with Gasteiger partial charge in [-0.2, -0.15) is 0 Å². The van der Waals surface area contributed by atoms with Gasteiger partial charge in [0, 0.05) is 24.8 Å². The highest BCUT2D eigenvalue weighted by atomic mass is 16.5. The number of amides is 2. The van der Waals surface area contributed by atoms with E-state index in [4.69, 9.17) is 4.74 Å². The molecule has 1 saturated heterocycles. The largest absolute Gasteiger partial charge is 0.480 e. The predicted molar refractivity (Wildman–Crippen MR) is 167 cm³/mol. The van der Waals surface area contributed by atoms with E-state index < -0.39 is 65.3 Å². The number of nitrogens with one attached hydrogen (secondary N) is 1. The average Bonchev–Trinajstić information content (AvgIpc) is 3.61. The Morgan fingerprint density at radius 3 is 2.47 bits per heavy atom. The summed E-state index contributed by atoms with van der Waals surface area (Å²) in [6.45, 7) is 7.11. The number of esters is 1. The summed E-state index contributed by atoms with van der Waals surface area (Å²) in [5.74, 6) is -3.75. The van der Waals surface area contributed by atoms with E-state index in [1.54, 1.807) is 19.9 Å². The fourth-order valence-corrected chi connectivity index (χ4v) is 9.93. The van der Waals surface area contributed by atoms with Crippen molar-refractivity contribution in [3.63, 3.8) is 0 Å². The number of rotatable bonds is 10. The Kier molecular flexibility index (Phi) is 9.78. The third-order valence-electron chi connectivity index (χ3n) is 12.5. The first-order valence-corrected chi connectivity index (χ1v) is 17.2. The van der Waals surface area contributed by atoms with Crippen LogP contribution in [0.5, 0.6) is 0 Å². The Labute approximate surface area is 275 Å². The molecule has 47 heavy (non-hydrogen) atoms. The van der Waals surface area contributed by atoms with Gasteiger partial charge in [0.25, 0.3) is 0 Å². The molecule has 2 amide bonds. The second-order valence-electron chi connectivity index (χ2n) is 15.4. The number of allylic oxidation sites excluding steroid dienone is 1. The van der Waals surface area contributed by atoms with Crippen LogP contribution in [0.1, 0.15) is 98.3 Å². The summed E-state index contributed by atoms with van der Waals surface area (Å²) < 4.78 is 5.24. The SMILES string of the molecule is CC(C)[C@H](NC(=O)CCC(=O)OCC(=O)[C@@]1(O)CC[C@H]2[C@@H]3CCC4=CC(=O)CC[C@]4(C)[C@H]3[C@@H](O)C[C@@]21C)C(=O)N1CCC[C@H]1C(=O)O. The van der Waals surface area contributed by atoms with E-state index in [-0.39, 0.29) is 60.6 Å². The molecule has 0 aromatic rings. The lowest BCUT2D eigenvalue weighted by molar-refractivity contribution is -0.184. The van der Waals surface area contributed by atoms with E-state index >= 15 is 0 Å². The number of carbonyl (C=O) groups is 6. The highest BCUT2D eigenvalue weighted by Gasteiger charge is 2.68. The molecule has 3 saturated carbocycles. The summed E-state index contributed by atoms with van der Waals surface area (Å²) in [4.78, 5) is 76.9. The molecule has 0 aromatic heterocycles. The van der Waals surface area contributed by atoms with E-state index in [9.17, 15) is 44.1 Å². The molecule has 1 aliphatic heterocycles. The molecular weight excluding hydrogens is 608 g/mol. The Balaban J connectivity index is 1.15. The van der Waals surface area contributed by atoms with Gasteiger partial charge in [-0.05, 0) is 86.5 Å². The maximum atomic E-state index is 13.5. The quantitative estimate of drug-likeness (QED) is 0.254. The number of hydrogen-bond acceptors (Lipinski definition) is 9. The number of aliphatic hydroxyl groups excluding tert-OH is 1. The zero-order chi connectivity index (χ0) is 34.5. The zero-order valence-electron chi connectivity index (χ0n) is 28.0. The van der Waals surface area contributed by atoms with Gasteiger partial charge in [0.15, 0.2) is 12.4 Å². The van der Waals surface area contributed by atoms with Crippen molar-refractivity contribution in [2.45, 2.75) is 122 Å². The highest BCUT2D eigenvalue weighted by Crippen LogP contribution is 2.67.